The highest BCUT2D eigenvalue weighted by molar-refractivity contribution is 5.73. The fraction of sp³-hybridized carbons (Fsp3) is 0.543. The number of likely N-dealkylation sites (N-methyl/N-ethyl adjacent to an activating group) is 1. The summed E-state index contributed by atoms with van der Waals surface area (Å²) in [5.41, 5.74) is 4.83. The molecule has 0 radical (unpaired) electrons. The van der Waals surface area contributed by atoms with Crippen LogP contribution in [0.25, 0.3) is 0 Å². The van der Waals surface area contributed by atoms with E-state index >= 15 is 0 Å². The minimum absolute atomic E-state index is 0.0166. The third kappa shape index (κ3) is 6.95. The lowest BCUT2D eigenvalue weighted by Crippen LogP contribution is -2.47. The number of carboxylic acid groups (broad SMARTS) is 1. The number of aromatic nitrogens is 2. The van der Waals surface area contributed by atoms with E-state index in [0.29, 0.717) is 11.8 Å². The maximum absolute atomic E-state index is 14.3. The first-order valence-electron chi connectivity index (χ1n) is 15.8. The topological polar surface area (TPSA) is 61.6 Å². The van der Waals surface area contributed by atoms with Crippen molar-refractivity contribution in [1.29, 1.82) is 0 Å². The van der Waals surface area contributed by atoms with Crippen molar-refractivity contribution < 1.29 is 14.3 Å². The van der Waals surface area contributed by atoms with E-state index in [1.807, 2.05) is 27.0 Å². The van der Waals surface area contributed by atoms with Crippen molar-refractivity contribution in [3.63, 3.8) is 0 Å². The molecule has 3 aromatic rings. The first kappa shape index (κ1) is 30.4. The summed E-state index contributed by atoms with van der Waals surface area (Å²) in [5.74, 6) is 0.128. The van der Waals surface area contributed by atoms with Gasteiger partial charge < -0.3 is 10.0 Å². The average molecular weight is 575 g/mol. The van der Waals surface area contributed by atoms with Crippen LogP contribution in [-0.4, -0.2) is 69.4 Å². The molecule has 0 bridgehead atoms. The Morgan fingerprint density at radius 2 is 1.81 bits per heavy atom. The fourth-order valence-corrected chi connectivity index (χ4v) is 7.64. The number of carboxylic acids is 1. The summed E-state index contributed by atoms with van der Waals surface area (Å²) in [5, 5.41) is 14.9. The van der Waals surface area contributed by atoms with E-state index in [2.05, 4.69) is 57.8 Å². The van der Waals surface area contributed by atoms with Gasteiger partial charge in [-0.1, -0.05) is 56.3 Å². The van der Waals surface area contributed by atoms with Crippen molar-refractivity contribution in [2.24, 2.45) is 11.8 Å². The molecule has 2 fully saturated rings. The number of aliphatic carboxylic acids is 1. The Kier molecular flexibility index (Phi) is 9.79. The first-order chi connectivity index (χ1) is 20.2. The van der Waals surface area contributed by atoms with Crippen LogP contribution in [-0.2, 0) is 17.8 Å². The predicted octanol–water partition coefficient (Wildman–Crippen LogP) is 6.42. The van der Waals surface area contributed by atoms with Gasteiger partial charge in [0.25, 0.3) is 0 Å². The Morgan fingerprint density at radius 1 is 1.07 bits per heavy atom. The number of halogens is 1. The predicted molar refractivity (Wildman–Crippen MR) is 165 cm³/mol. The molecule has 2 aromatic carbocycles. The normalized spacial score (nSPS) is 22.7. The Balaban J connectivity index is 1.26. The van der Waals surface area contributed by atoms with Crippen LogP contribution in [0.1, 0.15) is 80.8 Å². The van der Waals surface area contributed by atoms with Crippen LogP contribution in [0.2, 0.25) is 0 Å². The highest BCUT2D eigenvalue weighted by Gasteiger charge is 2.42. The van der Waals surface area contributed by atoms with Crippen LogP contribution in [0.5, 0.6) is 0 Å². The molecule has 1 N–H and O–H groups in total. The Morgan fingerprint density at radius 3 is 2.45 bits per heavy atom. The Bertz CT molecular complexity index is 1320. The first-order valence-corrected chi connectivity index (χ1v) is 15.8. The van der Waals surface area contributed by atoms with Gasteiger partial charge in [-0.2, -0.15) is 5.10 Å². The molecule has 1 aliphatic heterocycles. The van der Waals surface area contributed by atoms with E-state index in [4.69, 9.17) is 5.10 Å². The van der Waals surface area contributed by atoms with Crippen molar-refractivity contribution in [2.75, 3.05) is 26.7 Å². The molecule has 1 saturated heterocycles. The number of hydrogen-bond acceptors (Lipinski definition) is 4. The monoisotopic (exact) mass is 574 g/mol. The molecule has 6 nitrogen and oxygen atoms in total. The van der Waals surface area contributed by atoms with Crippen LogP contribution in [0, 0.1) is 17.7 Å². The molecule has 2 heterocycles. The molecule has 1 aliphatic carbocycles. The van der Waals surface area contributed by atoms with Gasteiger partial charge >= 0.3 is 5.97 Å². The number of piperidine rings is 1. The molecule has 0 amide bonds. The summed E-state index contributed by atoms with van der Waals surface area (Å²) in [6.07, 6.45) is 4.85. The average Bonchev–Trinajstić information content (AvgIpc) is 3.58. The summed E-state index contributed by atoms with van der Waals surface area (Å²) in [7, 11) is 1.96. The standard InChI is InChI=1S/C35H47FN4O2/c1-5-40-33(21-30(37-40)18-25-10-7-6-8-11-25)26-14-16-39(17-15-26)23-28-20-31(38(4)34(24(2)3)35(41)42)22-32(28)27-12-9-13-29(36)19-27/h6-13,19,21,24,26,28,31-32,34H,5,14-18,20,22-23H2,1-4H3,(H,41,42)/t28?,31?,32?,34-/m0/s1. The van der Waals surface area contributed by atoms with Crippen LogP contribution < -0.4 is 0 Å². The molecule has 42 heavy (non-hydrogen) atoms. The highest BCUT2D eigenvalue weighted by atomic mass is 19.1. The van der Waals surface area contributed by atoms with E-state index in [1.165, 1.54) is 17.3 Å². The summed E-state index contributed by atoms with van der Waals surface area (Å²) in [4.78, 5) is 16.8. The van der Waals surface area contributed by atoms with E-state index in [1.54, 1.807) is 12.1 Å². The van der Waals surface area contributed by atoms with Gasteiger partial charge in [-0.3, -0.25) is 14.4 Å². The molecular weight excluding hydrogens is 527 g/mol. The SMILES string of the molecule is CCn1nc(Cc2ccccc2)cc1C1CCN(CC2CC(N(C)[C@H](C(=O)O)C(C)C)CC2c2cccc(F)c2)CC1. The van der Waals surface area contributed by atoms with Crippen LogP contribution in [0.3, 0.4) is 0 Å². The summed E-state index contributed by atoms with van der Waals surface area (Å²) >= 11 is 0. The van der Waals surface area contributed by atoms with E-state index < -0.39 is 12.0 Å². The van der Waals surface area contributed by atoms with Gasteiger partial charge in [0.1, 0.15) is 11.9 Å². The van der Waals surface area contributed by atoms with Crippen molar-refractivity contribution in [3.8, 4) is 0 Å². The van der Waals surface area contributed by atoms with E-state index in [9.17, 15) is 14.3 Å². The minimum Gasteiger partial charge on any atom is -0.480 e. The smallest absolute Gasteiger partial charge is 0.321 e. The molecule has 2 aliphatic rings. The van der Waals surface area contributed by atoms with E-state index in [0.717, 1.165) is 69.5 Å². The number of hydrogen-bond donors (Lipinski definition) is 1. The Hall–Kier alpha value is -3.03. The summed E-state index contributed by atoms with van der Waals surface area (Å²) < 4.78 is 16.5. The molecule has 5 rings (SSSR count). The van der Waals surface area contributed by atoms with E-state index in [-0.39, 0.29) is 23.7 Å². The second kappa shape index (κ2) is 13.5. The van der Waals surface area contributed by atoms with Crippen molar-refractivity contribution >= 4 is 5.97 Å². The number of likely N-dealkylation sites (tertiary alicyclic amines) is 1. The second-order valence-electron chi connectivity index (χ2n) is 12.9. The molecule has 3 unspecified atom stereocenters. The molecule has 7 heteroatoms. The zero-order chi connectivity index (χ0) is 29.8. The molecule has 1 saturated carbocycles. The lowest BCUT2D eigenvalue weighted by molar-refractivity contribution is -0.145. The van der Waals surface area contributed by atoms with Gasteiger partial charge in [0.05, 0.1) is 5.69 Å². The third-order valence-corrected chi connectivity index (χ3v) is 9.73. The molecular formula is C35H47FN4O2. The maximum atomic E-state index is 14.3. The quantitative estimate of drug-likeness (QED) is 0.287. The number of nitrogens with zero attached hydrogens (tertiary/aromatic N) is 4. The van der Waals surface area contributed by atoms with Crippen molar-refractivity contribution in [3.05, 3.63) is 89.0 Å². The van der Waals surface area contributed by atoms with Crippen LogP contribution in [0.4, 0.5) is 4.39 Å². The maximum Gasteiger partial charge on any atom is 0.321 e. The molecule has 0 spiro atoms. The highest BCUT2D eigenvalue weighted by Crippen LogP contribution is 2.43. The zero-order valence-electron chi connectivity index (χ0n) is 25.6. The van der Waals surface area contributed by atoms with Crippen LogP contribution >= 0.6 is 0 Å². The minimum atomic E-state index is -0.765. The molecule has 226 valence electrons. The number of rotatable bonds is 11. The zero-order valence-corrected chi connectivity index (χ0v) is 25.6. The van der Waals surface area contributed by atoms with Gasteiger partial charge in [0.2, 0.25) is 0 Å². The summed E-state index contributed by atoms with van der Waals surface area (Å²) in [6, 6.07) is 19.5. The fourth-order valence-electron chi connectivity index (χ4n) is 7.64. The lowest BCUT2D eigenvalue weighted by Gasteiger charge is -2.35. The summed E-state index contributed by atoms with van der Waals surface area (Å²) in [6.45, 7) is 10.0. The van der Waals surface area contributed by atoms with Gasteiger partial charge in [-0.05, 0) is 99.8 Å². The largest absolute Gasteiger partial charge is 0.480 e. The van der Waals surface area contributed by atoms with Gasteiger partial charge in [0.15, 0.2) is 0 Å². The number of benzene rings is 2. The number of aryl methyl sites for hydroxylation is 1. The molecule has 4 atom stereocenters. The van der Waals surface area contributed by atoms with Gasteiger partial charge in [0, 0.05) is 37.2 Å². The number of carbonyl (C=O) groups is 1. The molecule has 1 aromatic heterocycles. The van der Waals surface area contributed by atoms with Crippen LogP contribution in [0.15, 0.2) is 60.7 Å². The van der Waals surface area contributed by atoms with Crippen molar-refractivity contribution in [1.82, 2.24) is 19.6 Å². The lowest BCUT2D eigenvalue weighted by atomic mass is 9.87. The second-order valence-corrected chi connectivity index (χ2v) is 12.9. The third-order valence-electron chi connectivity index (χ3n) is 9.73. The Labute approximate surface area is 250 Å². The van der Waals surface area contributed by atoms with Gasteiger partial charge in [-0.25, -0.2) is 4.39 Å². The van der Waals surface area contributed by atoms with Crippen molar-refractivity contribution in [2.45, 2.75) is 83.3 Å². The van der Waals surface area contributed by atoms with Gasteiger partial charge in [-0.15, -0.1) is 0 Å².